The molecule has 0 saturated heterocycles. The van der Waals surface area contributed by atoms with Gasteiger partial charge in [-0.25, -0.2) is 0 Å². The normalized spacial score (nSPS) is 11.4. The van der Waals surface area contributed by atoms with E-state index in [2.05, 4.69) is 15.2 Å². The van der Waals surface area contributed by atoms with Gasteiger partial charge in [0, 0.05) is 6.20 Å². The Morgan fingerprint density at radius 1 is 1.32 bits per heavy atom. The van der Waals surface area contributed by atoms with E-state index >= 15 is 0 Å². The van der Waals surface area contributed by atoms with E-state index in [0.29, 0.717) is 12.4 Å². The Labute approximate surface area is 169 Å². The van der Waals surface area contributed by atoms with Crippen molar-refractivity contribution in [1.82, 2.24) is 15.2 Å². The summed E-state index contributed by atoms with van der Waals surface area (Å²) in [5.41, 5.74) is 3.31. The number of carboxylic acids is 1. The number of benzene rings is 1. The summed E-state index contributed by atoms with van der Waals surface area (Å²) in [6.07, 6.45) is 3.33. The maximum Gasteiger partial charge on any atom is 1.00 e. The number of nitrogens with zero attached hydrogens (tertiary/aromatic N) is 2. The van der Waals surface area contributed by atoms with Gasteiger partial charge in [-0.1, -0.05) is 24.3 Å². The van der Waals surface area contributed by atoms with Crippen molar-refractivity contribution in [2.24, 2.45) is 0 Å². The number of aromatic nitrogens is 3. The van der Waals surface area contributed by atoms with E-state index < -0.39 is 11.9 Å². The number of hydrogen-bond acceptors (Lipinski definition) is 4. The zero-order valence-electron chi connectivity index (χ0n) is 15.1. The Balaban J connectivity index is 0.00000169. The second-order valence-electron chi connectivity index (χ2n) is 5.44. The van der Waals surface area contributed by atoms with Crippen LogP contribution < -0.4 is 34.3 Å². The van der Waals surface area contributed by atoms with E-state index in [0.717, 1.165) is 22.5 Å². The molecule has 124 valence electrons. The monoisotopic (exact) mass is 347 g/mol. The number of carboxylic acid groups (broad SMARTS) is 1. The first-order valence-corrected chi connectivity index (χ1v) is 7.54. The number of H-pyrrole nitrogens is 1. The van der Waals surface area contributed by atoms with Crippen molar-refractivity contribution in [3.8, 4) is 17.1 Å². The molecule has 3 rings (SSSR count). The van der Waals surface area contributed by atoms with Gasteiger partial charge in [0.05, 0.1) is 23.5 Å². The SMILES string of the molecule is CC(C(=O)O)c1cccc(COc2ccc(-c3ccn[nH]3)nc2)c1.[H-].[Na+]. The number of ether oxygens (including phenoxy) is 1. The third-order valence-electron chi connectivity index (χ3n) is 3.74. The molecule has 1 unspecified atom stereocenters. The minimum absolute atomic E-state index is 0. The number of pyridine rings is 1. The quantitative estimate of drug-likeness (QED) is 0.629. The molecule has 2 heterocycles. The van der Waals surface area contributed by atoms with Crippen LogP contribution in [0.5, 0.6) is 5.75 Å². The molecule has 3 aromatic rings. The Bertz CT molecular complexity index is 826. The number of aromatic amines is 1. The van der Waals surface area contributed by atoms with Crippen molar-refractivity contribution < 1.29 is 45.6 Å². The van der Waals surface area contributed by atoms with E-state index in [1.807, 2.05) is 42.5 Å². The van der Waals surface area contributed by atoms with Crippen LogP contribution in [0.25, 0.3) is 11.4 Å². The molecule has 0 radical (unpaired) electrons. The van der Waals surface area contributed by atoms with Crippen molar-refractivity contribution in [2.75, 3.05) is 0 Å². The van der Waals surface area contributed by atoms with Gasteiger partial charge in [0.1, 0.15) is 12.4 Å². The second kappa shape index (κ2) is 8.80. The maximum atomic E-state index is 11.1. The second-order valence-corrected chi connectivity index (χ2v) is 5.44. The van der Waals surface area contributed by atoms with Gasteiger partial charge < -0.3 is 11.3 Å². The number of carbonyl (C=O) groups is 1. The minimum atomic E-state index is -0.841. The van der Waals surface area contributed by atoms with Gasteiger partial charge in [-0.15, -0.1) is 0 Å². The predicted molar refractivity (Wildman–Crippen MR) is 89.8 cm³/mol. The Morgan fingerprint density at radius 2 is 2.16 bits per heavy atom. The first-order valence-electron chi connectivity index (χ1n) is 7.54. The number of nitrogens with one attached hydrogen (secondary N) is 1. The van der Waals surface area contributed by atoms with Crippen LogP contribution in [0, 0.1) is 0 Å². The number of aliphatic carboxylic acids is 1. The molecule has 2 aromatic heterocycles. The molecule has 0 spiro atoms. The van der Waals surface area contributed by atoms with Crippen molar-refractivity contribution in [3.05, 3.63) is 66.0 Å². The molecule has 0 fully saturated rings. The van der Waals surface area contributed by atoms with Gasteiger partial charge >= 0.3 is 35.5 Å². The molecular weight excluding hydrogens is 329 g/mol. The third-order valence-corrected chi connectivity index (χ3v) is 3.74. The van der Waals surface area contributed by atoms with Gasteiger partial charge in [-0.2, -0.15) is 5.10 Å². The van der Waals surface area contributed by atoms with Crippen LogP contribution in [-0.2, 0) is 11.4 Å². The average molecular weight is 347 g/mol. The first-order chi connectivity index (χ1) is 11.6. The molecule has 0 aliphatic carbocycles. The molecule has 6 nitrogen and oxygen atoms in total. The van der Waals surface area contributed by atoms with Gasteiger partial charge in [0.25, 0.3) is 0 Å². The van der Waals surface area contributed by atoms with Crippen LogP contribution >= 0.6 is 0 Å². The van der Waals surface area contributed by atoms with Crippen LogP contribution in [0.4, 0.5) is 0 Å². The summed E-state index contributed by atoms with van der Waals surface area (Å²) in [4.78, 5) is 15.4. The van der Waals surface area contributed by atoms with Gasteiger partial charge in [-0.3, -0.25) is 14.9 Å². The third kappa shape index (κ3) is 4.92. The van der Waals surface area contributed by atoms with Crippen molar-refractivity contribution >= 4 is 5.97 Å². The van der Waals surface area contributed by atoms with Gasteiger partial charge in [0.2, 0.25) is 0 Å². The molecule has 0 saturated carbocycles. The zero-order valence-corrected chi connectivity index (χ0v) is 16.1. The van der Waals surface area contributed by atoms with Crippen LogP contribution in [0.3, 0.4) is 0 Å². The molecule has 0 bridgehead atoms. The standard InChI is InChI=1S/C18H17N3O3.Na.H/c1-12(18(22)23)14-4-2-3-13(9-14)11-24-15-5-6-16(19-10-15)17-7-8-20-21-17;;/h2-10,12H,11H2,1H3,(H,20,21)(H,22,23);;/q;+1;-1. The fraction of sp³-hybridized carbons (Fsp3) is 0.167. The van der Waals surface area contributed by atoms with Gasteiger partial charge in [-0.05, 0) is 36.2 Å². The van der Waals surface area contributed by atoms with Gasteiger partial charge in [0.15, 0.2) is 0 Å². The first kappa shape index (κ1) is 19.2. The summed E-state index contributed by atoms with van der Waals surface area (Å²) >= 11 is 0. The van der Waals surface area contributed by atoms with E-state index in [1.54, 1.807) is 19.3 Å². The molecule has 7 heteroatoms. The van der Waals surface area contributed by atoms with Crippen LogP contribution in [0.1, 0.15) is 25.4 Å². The topological polar surface area (TPSA) is 88.1 Å². The maximum absolute atomic E-state index is 11.1. The van der Waals surface area contributed by atoms with Crippen molar-refractivity contribution in [2.45, 2.75) is 19.4 Å². The molecule has 1 atom stereocenters. The van der Waals surface area contributed by atoms with E-state index in [-0.39, 0.29) is 31.0 Å². The molecule has 0 amide bonds. The van der Waals surface area contributed by atoms with E-state index in [1.165, 1.54) is 0 Å². The molecule has 25 heavy (non-hydrogen) atoms. The zero-order chi connectivity index (χ0) is 16.9. The Hall–Kier alpha value is -2.15. The van der Waals surface area contributed by atoms with E-state index in [9.17, 15) is 4.79 Å². The van der Waals surface area contributed by atoms with Crippen LogP contribution in [0.2, 0.25) is 0 Å². The summed E-state index contributed by atoms with van der Waals surface area (Å²) < 4.78 is 5.72. The fourth-order valence-corrected chi connectivity index (χ4v) is 2.29. The summed E-state index contributed by atoms with van der Waals surface area (Å²) in [5.74, 6) is -0.734. The van der Waals surface area contributed by atoms with E-state index in [4.69, 9.17) is 9.84 Å². The Kier molecular flexibility index (Phi) is 6.75. The number of hydrogen-bond donors (Lipinski definition) is 2. The van der Waals surface area contributed by atoms with Crippen LogP contribution in [0.15, 0.2) is 54.9 Å². The molecule has 2 N–H and O–H groups in total. The summed E-state index contributed by atoms with van der Waals surface area (Å²) in [7, 11) is 0. The van der Waals surface area contributed by atoms with Crippen molar-refractivity contribution in [1.29, 1.82) is 0 Å². The summed E-state index contributed by atoms with van der Waals surface area (Å²) in [5, 5.41) is 15.8. The average Bonchev–Trinajstić information content (AvgIpc) is 3.14. The summed E-state index contributed by atoms with van der Waals surface area (Å²) in [6.45, 7) is 2.02. The predicted octanol–water partition coefficient (Wildman–Crippen LogP) is 0.355. The largest absolute Gasteiger partial charge is 1.00 e. The number of rotatable bonds is 6. The molecule has 0 aliphatic heterocycles. The van der Waals surface area contributed by atoms with Crippen molar-refractivity contribution in [3.63, 3.8) is 0 Å². The molecule has 1 aromatic carbocycles. The molecular formula is C18H18N3NaO3. The smallest absolute Gasteiger partial charge is 1.00 e. The Morgan fingerprint density at radius 3 is 2.80 bits per heavy atom. The van der Waals surface area contributed by atoms with Crippen LogP contribution in [-0.4, -0.2) is 26.3 Å². The fourth-order valence-electron chi connectivity index (χ4n) is 2.29. The minimum Gasteiger partial charge on any atom is -1.00 e. The molecule has 0 aliphatic rings. The summed E-state index contributed by atoms with van der Waals surface area (Å²) in [6, 6.07) is 12.9.